The molecule has 5 nitrogen and oxygen atoms in total. The Balaban J connectivity index is 1.77. The summed E-state index contributed by atoms with van der Waals surface area (Å²) in [6, 6.07) is 12.6. The molecule has 2 heterocycles. The summed E-state index contributed by atoms with van der Waals surface area (Å²) in [4.78, 5) is 31.9. The molecule has 2 aromatic heterocycles. The van der Waals surface area contributed by atoms with Crippen LogP contribution in [0.5, 0.6) is 0 Å². The van der Waals surface area contributed by atoms with Crippen LogP contribution in [0.3, 0.4) is 0 Å². The van der Waals surface area contributed by atoms with Crippen LogP contribution in [0.1, 0.15) is 21.5 Å². The lowest BCUT2D eigenvalue weighted by Gasteiger charge is -2.05. The zero-order valence-corrected chi connectivity index (χ0v) is 14.5. The SMILES string of the molecule is Cc1ccc(C)c2sc(NC(=O)c3cc(=O)[nH]c4ccccc34)nc12. The second-order valence-corrected chi connectivity index (χ2v) is 6.94. The highest BCUT2D eigenvalue weighted by molar-refractivity contribution is 7.22. The quantitative estimate of drug-likeness (QED) is 0.574. The molecule has 124 valence electrons. The molecule has 0 aliphatic rings. The van der Waals surface area contributed by atoms with Crippen LogP contribution in [0.25, 0.3) is 21.1 Å². The summed E-state index contributed by atoms with van der Waals surface area (Å²) >= 11 is 1.44. The van der Waals surface area contributed by atoms with Crippen LogP contribution in [0.2, 0.25) is 0 Å². The second-order valence-electron chi connectivity index (χ2n) is 5.94. The van der Waals surface area contributed by atoms with Gasteiger partial charge in [0.25, 0.3) is 5.91 Å². The number of para-hydroxylation sites is 1. The van der Waals surface area contributed by atoms with E-state index in [4.69, 9.17) is 0 Å². The van der Waals surface area contributed by atoms with Crippen molar-refractivity contribution in [1.29, 1.82) is 0 Å². The van der Waals surface area contributed by atoms with Gasteiger partial charge in [-0.25, -0.2) is 4.98 Å². The number of aromatic amines is 1. The minimum atomic E-state index is -0.336. The van der Waals surface area contributed by atoms with Crippen LogP contribution in [0, 0.1) is 13.8 Å². The van der Waals surface area contributed by atoms with E-state index in [0.717, 1.165) is 21.3 Å². The maximum absolute atomic E-state index is 12.7. The largest absolute Gasteiger partial charge is 0.322 e. The number of fused-ring (bicyclic) bond motifs is 2. The average molecular weight is 349 g/mol. The van der Waals surface area contributed by atoms with Gasteiger partial charge in [-0.15, -0.1) is 0 Å². The zero-order valence-electron chi connectivity index (χ0n) is 13.7. The van der Waals surface area contributed by atoms with Gasteiger partial charge < -0.3 is 4.98 Å². The first-order valence-electron chi connectivity index (χ1n) is 7.83. The molecule has 0 atom stereocenters. The number of aromatic nitrogens is 2. The molecule has 1 amide bonds. The number of rotatable bonds is 2. The molecule has 2 aromatic carbocycles. The van der Waals surface area contributed by atoms with E-state index in [1.165, 1.54) is 17.4 Å². The summed E-state index contributed by atoms with van der Waals surface area (Å²) < 4.78 is 1.06. The Morgan fingerprint density at radius 3 is 2.68 bits per heavy atom. The van der Waals surface area contributed by atoms with E-state index in [1.54, 1.807) is 6.07 Å². The molecule has 25 heavy (non-hydrogen) atoms. The van der Waals surface area contributed by atoms with Gasteiger partial charge in [0, 0.05) is 17.0 Å². The van der Waals surface area contributed by atoms with E-state index in [1.807, 2.05) is 44.2 Å². The Morgan fingerprint density at radius 1 is 1.12 bits per heavy atom. The first kappa shape index (κ1) is 15.5. The van der Waals surface area contributed by atoms with Crippen LogP contribution in [0.4, 0.5) is 5.13 Å². The molecule has 0 radical (unpaired) electrons. The number of hydrogen-bond acceptors (Lipinski definition) is 4. The van der Waals surface area contributed by atoms with Gasteiger partial charge in [0.1, 0.15) is 0 Å². The molecule has 0 spiro atoms. The van der Waals surface area contributed by atoms with E-state index in [2.05, 4.69) is 15.3 Å². The van der Waals surface area contributed by atoms with Crippen molar-refractivity contribution in [3.05, 3.63) is 69.5 Å². The van der Waals surface area contributed by atoms with E-state index in [-0.39, 0.29) is 11.5 Å². The number of nitrogens with one attached hydrogen (secondary N) is 2. The third kappa shape index (κ3) is 2.70. The molecule has 6 heteroatoms. The Morgan fingerprint density at radius 2 is 1.88 bits per heavy atom. The summed E-state index contributed by atoms with van der Waals surface area (Å²) in [5.41, 5.74) is 3.76. The van der Waals surface area contributed by atoms with E-state index < -0.39 is 0 Å². The fourth-order valence-corrected chi connectivity index (χ4v) is 3.88. The number of benzene rings is 2. The number of hydrogen-bond donors (Lipinski definition) is 2. The van der Waals surface area contributed by atoms with Crippen molar-refractivity contribution in [3.63, 3.8) is 0 Å². The molecule has 4 aromatic rings. The Bertz CT molecular complexity index is 1150. The van der Waals surface area contributed by atoms with Crippen molar-refractivity contribution < 1.29 is 4.79 Å². The van der Waals surface area contributed by atoms with Gasteiger partial charge in [-0.3, -0.25) is 14.9 Å². The maximum atomic E-state index is 12.7. The highest BCUT2D eigenvalue weighted by Crippen LogP contribution is 2.31. The number of nitrogens with zero attached hydrogens (tertiary/aromatic N) is 1. The first-order valence-corrected chi connectivity index (χ1v) is 8.65. The van der Waals surface area contributed by atoms with Gasteiger partial charge in [0.15, 0.2) is 5.13 Å². The van der Waals surface area contributed by atoms with Crippen molar-refractivity contribution >= 4 is 43.5 Å². The number of H-pyrrole nitrogens is 1. The predicted molar refractivity (Wildman–Crippen MR) is 102 cm³/mol. The monoisotopic (exact) mass is 349 g/mol. The van der Waals surface area contributed by atoms with Crippen molar-refractivity contribution in [1.82, 2.24) is 9.97 Å². The number of aryl methyl sites for hydroxylation is 2. The third-order valence-electron chi connectivity index (χ3n) is 4.16. The number of carbonyl (C=O) groups is 1. The van der Waals surface area contributed by atoms with Gasteiger partial charge in [-0.1, -0.05) is 41.7 Å². The van der Waals surface area contributed by atoms with Gasteiger partial charge in [-0.05, 0) is 31.0 Å². The Labute approximate surface area is 147 Å². The van der Waals surface area contributed by atoms with Crippen molar-refractivity contribution in [3.8, 4) is 0 Å². The first-order chi connectivity index (χ1) is 12.0. The minimum Gasteiger partial charge on any atom is -0.322 e. The van der Waals surface area contributed by atoms with Crippen LogP contribution in [-0.2, 0) is 0 Å². The van der Waals surface area contributed by atoms with Gasteiger partial charge in [0.05, 0.1) is 15.8 Å². The molecule has 2 N–H and O–H groups in total. The molecule has 0 fully saturated rings. The second kappa shape index (κ2) is 5.82. The minimum absolute atomic E-state index is 0.306. The third-order valence-corrected chi connectivity index (χ3v) is 5.26. The zero-order chi connectivity index (χ0) is 17.6. The summed E-state index contributed by atoms with van der Waals surface area (Å²) in [7, 11) is 0. The highest BCUT2D eigenvalue weighted by Gasteiger charge is 2.15. The van der Waals surface area contributed by atoms with Crippen LogP contribution < -0.4 is 10.9 Å². The van der Waals surface area contributed by atoms with Crippen LogP contribution in [-0.4, -0.2) is 15.9 Å². The molecule has 0 saturated carbocycles. The number of carbonyl (C=O) groups excluding carboxylic acids is 1. The van der Waals surface area contributed by atoms with E-state index in [9.17, 15) is 9.59 Å². The van der Waals surface area contributed by atoms with Crippen molar-refractivity contribution in [2.24, 2.45) is 0 Å². The van der Waals surface area contributed by atoms with Gasteiger partial charge in [-0.2, -0.15) is 0 Å². The normalized spacial score (nSPS) is 11.1. The molecule has 4 rings (SSSR count). The summed E-state index contributed by atoms with van der Waals surface area (Å²) in [5.74, 6) is -0.336. The average Bonchev–Trinajstić information content (AvgIpc) is 3.02. The van der Waals surface area contributed by atoms with E-state index >= 15 is 0 Å². The molecule has 0 bridgehead atoms. The number of pyridine rings is 1. The lowest BCUT2D eigenvalue weighted by molar-refractivity contribution is 0.102. The van der Waals surface area contributed by atoms with Gasteiger partial charge >= 0.3 is 0 Å². The molecular weight excluding hydrogens is 334 g/mol. The summed E-state index contributed by atoms with van der Waals surface area (Å²) in [6.45, 7) is 4.02. The number of thiazole rings is 1. The molecule has 0 unspecified atom stereocenters. The molecular formula is C19H15N3O2S. The lowest BCUT2D eigenvalue weighted by atomic mass is 10.1. The van der Waals surface area contributed by atoms with Crippen LogP contribution in [0.15, 0.2) is 47.3 Å². The lowest BCUT2D eigenvalue weighted by Crippen LogP contribution is -2.16. The predicted octanol–water partition coefficient (Wildman–Crippen LogP) is 4.01. The number of anilines is 1. The molecule has 0 saturated heterocycles. The Kier molecular flexibility index (Phi) is 3.62. The number of amides is 1. The fraction of sp³-hybridized carbons (Fsp3) is 0.105. The van der Waals surface area contributed by atoms with Crippen molar-refractivity contribution in [2.75, 3.05) is 5.32 Å². The van der Waals surface area contributed by atoms with E-state index in [0.29, 0.717) is 21.6 Å². The smallest absolute Gasteiger partial charge is 0.258 e. The fourth-order valence-electron chi connectivity index (χ4n) is 2.87. The van der Waals surface area contributed by atoms with Crippen LogP contribution >= 0.6 is 11.3 Å². The maximum Gasteiger partial charge on any atom is 0.258 e. The molecule has 0 aliphatic carbocycles. The molecule has 0 aliphatic heterocycles. The standard InChI is InChI=1S/C19H15N3O2S/c1-10-7-8-11(2)17-16(10)21-19(25-17)22-18(24)13-9-15(23)20-14-6-4-3-5-12(13)14/h3-9H,1-2H3,(H,20,23)(H,21,22,24). The topological polar surface area (TPSA) is 74.8 Å². The highest BCUT2D eigenvalue weighted by atomic mass is 32.1. The Hall–Kier alpha value is -2.99. The summed E-state index contributed by atoms with van der Waals surface area (Å²) in [6.07, 6.45) is 0. The summed E-state index contributed by atoms with van der Waals surface area (Å²) in [5, 5.41) is 4.07. The van der Waals surface area contributed by atoms with Gasteiger partial charge in [0.2, 0.25) is 5.56 Å². The van der Waals surface area contributed by atoms with Crippen molar-refractivity contribution in [2.45, 2.75) is 13.8 Å².